The summed E-state index contributed by atoms with van der Waals surface area (Å²) in [5.74, 6) is 0.529. The Kier molecular flexibility index (Phi) is 4.02. The van der Waals surface area contributed by atoms with E-state index in [0.29, 0.717) is 19.1 Å². The van der Waals surface area contributed by atoms with Crippen LogP contribution in [-0.2, 0) is 17.9 Å². The summed E-state index contributed by atoms with van der Waals surface area (Å²) < 4.78 is 5.21. The van der Waals surface area contributed by atoms with Gasteiger partial charge >= 0.3 is 0 Å². The van der Waals surface area contributed by atoms with Gasteiger partial charge in [-0.15, -0.1) is 10.2 Å². The second kappa shape index (κ2) is 6.28. The van der Waals surface area contributed by atoms with Crippen LogP contribution in [0.1, 0.15) is 11.1 Å². The Hall–Kier alpha value is -2.53. The third-order valence-corrected chi connectivity index (χ3v) is 3.22. The second-order valence-electron chi connectivity index (χ2n) is 4.68. The number of aromatic nitrogens is 3. The van der Waals surface area contributed by atoms with E-state index in [-0.39, 0.29) is 0 Å². The highest BCUT2D eigenvalue weighted by Gasteiger charge is 2.04. The van der Waals surface area contributed by atoms with Gasteiger partial charge in [-0.2, -0.15) is 0 Å². The molecule has 0 radical (unpaired) electrons. The molecule has 0 aliphatic heterocycles. The summed E-state index contributed by atoms with van der Waals surface area (Å²) in [6, 6.07) is 15.8. The Morgan fingerprint density at radius 1 is 0.905 bits per heavy atom. The van der Waals surface area contributed by atoms with Crippen LogP contribution in [0.15, 0.2) is 48.5 Å². The standard InChI is InChI=1S/C16H16N4O/c1-21-11-13-7-3-2-6-12(13)10-17-16-18-14-8-4-5-9-15(14)19-20-16/h2-9H,10-11H2,1H3,(H,17,18,20). The van der Waals surface area contributed by atoms with Crippen LogP contribution in [0.3, 0.4) is 0 Å². The van der Waals surface area contributed by atoms with Crippen LogP contribution in [-0.4, -0.2) is 22.3 Å². The van der Waals surface area contributed by atoms with E-state index in [0.717, 1.165) is 22.2 Å². The van der Waals surface area contributed by atoms with Crippen molar-refractivity contribution in [3.05, 3.63) is 59.7 Å². The molecular weight excluding hydrogens is 264 g/mol. The highest BCUT2D eigenvalue weighted by Crippen LogP contribution is 2.13. The fourth-order valence-corrected chi connectivity index (χ4v) is 2.16. The van der Waals surface area contributed by atoms with Crippen LogP contribution in [0.2, 0.25) is 0 Å². The minimum atomic E-state index is 0.529. The number of fused-ring (bicyclic) bond motifs is 1. The van der Waals surface area contributed by atoms with E-state index >= 15 is 0 Å². The molecule has 1 heterocycles. The number of rotatable bonds is 5. The van der Waals surface area contributed by atoms with Gasteiger partial charge in [-0.1, -0.05) is 36.4 Å². The van der Waals surface area contributed by atoms with Gasteiger partial charge in [0.1, 0.15) is 5.52 Å². The molecule has 0 saturated heterocycles. The average Bonchev–Trinajstić information content (AvgIpc) is 2.54. The summed E-state index contributed by atoms with van der Waals surface area (Å²) in [5, 5.41) is 11.5. The number of ether oxygens (including phenoxy) is 1. The molecule has 0 saturated carbocycles. The van der Waals surface area contributed by atoms with Gasteiger partial charge in [-0.3, -0.25) is 0 Å². The molecule has 5 nitrogen and oxygen atoms in total. The topological polar surface area (TPSA) is 59.9 Å². The molecule has 0 bridgehead atoms. The van der Waals surface area contributed by atoms with Crippen LogP contribution in [0.4, 0.5) is 5.95 Å². The van der Waals surface area contributed by atoms with Crippen LogP contribution in [0.5, 0.6) is 0 Å². The lowest BCUT2D eigenvalue weighted by Crippen LogP contribution is -2.07. The first-order chi connectivity index (χ1) is 10.4. The first-order valence-electron chi connectivity index (χ1n) is 6.76. The van der Waals surface area contributed by atoms with Gasteiger partial charge in [0, 0.05) is 13.7 Å². The molecule has 3 rings (SSSR count). The number of hydrogen-bond acceptors (Lipinski definition) is 5. The van der Waals surface area contributed by atoms with Crippen molar-refractivity contribution in [2.75, 3.05) is 12.4 Å². The number of benzene rings is 2. The Morgan fingerprint density at radius 3 is 2.43 bits per heavy atom. The molecule has 3 aromatic rings. The second-order valence-corrected chi connectivity index (χ2v) is 4.68. The molecule has 0 atom stereocenters. The normalized spacial score (nSPS) is 10.7. The first kappa shape index (κ1) is 13.5. The SMILES string of the molecule is COCc1ccccc1CNc1nnc2ccccc2n1. The monoisotopic (exact) mass is 280 g/mol. The third kappa shape index (κ3) is 3.14. The predicted molar refractivity (Wildman–Crippen MR) is 81.8 cm³/mol. The lowest BCUT2D eigenvalue weighted by atomic mass is 10.1. The number of hydrogen-bond donors (Lipinski definition) is 1. The maximum absolute atomic E-state index is 5.21. The molecule has 0 amide bonds. The molecule has 1 N–H and O–H groups in total. The molecule has 0 spiro atoms. The summed E-state index contributed by atoms with van der Waals surface area (Å²) in [4.78, 5) is 4.45. The summed E-state index contributed by atoms with van der Waals surface area (Å²) in [5.41, 5.74) is 3.94. The van der Waals surface area contributed by atoms with E-state index in [1.165, 1.54) is 0 Å². The maximum atomic E-state index is 5.21. The average molecular weight is 280 g/mol. The fourth-order valence-electron chi connectivity index (χ4n) is 2.16. The van der Waals surface area contributed by atoms with E-state index in [9.17, 15) is 0 Å². The molecule has 2 aromatic carbocycles. The van der Waals surface area contributed by atoms with Crippen molar-refractivity contribution in [1.29, 1.82) is 0 Å². The zero-order chi connectivity index (χ0) is 14.5. The maximum Gasteiger partial charge on any atom is 0.243 e. The van der Waals surface area contributed by atoms with Crippen molar-refractivity contribution >= 4 is 17.0 Å². The van der Waals surface area contributed by atoms with E-state index in [1.807, 2.05) is 36.4 Å². The number of nitrogens with one attached hydrogen (secondary N) is 1. The molecule has 1 aromatic heterocycles. The van der Waals surface area contributed by atoms with Gasteiger partial charge in [0.15, 0.2) is 0 Å². The van der Waals surface area contributed by atoms with Gasteiger partial charge in [-0.25, -0.2) is 4.98 Å². The fraction of sp³-hybridized carbons (Fsp3) is 0.188. The van der Waals surface area contributed by atoms with Crippen molar-refractivity contribution in [2.24, 2.45) is 0 Å². The van der Waals surface area contributed by atoms with Crippen molar-refractivity contribution in [3.8, 4) is 0 Å². The van der Waals surface area contributed by atoms with Gasteiger partial charge in [0.2, 0.25) is 5.95 Å². The highest BCUT2D eigenvalue weighted by atomic mass is 16.5. The van der Waals surface area contributed by atoms with Crippen molar-refractivity contribution in [2.45, 2.75) is 13.2 Å². The smallest absolute Gasteiger partial charge is 0.243 e. The summed E-state index contributed by atoms with van der Waals surface area (Å²) in [7, 11) is 1.70. The zero-order valence-electron chi connectivity index (χ0n) is 11.8. The van der Waals surface area contributed by atoms with Crippen LogP contribution in [0, 0.1) is 0 Å². The summed E-state index contributed by atoms with van der Waals surface area (Å²) in [6.45, 7) is 1.23. The van der Waals surface area contributed by atoms with E-state index < -0.39 is 0 Å². The number of methoxy groups -OCH3 is 1. The highest BCUT2D eigenvalue weighted by molar-refractivity contribution is 5.74. The minimum Gasteiger partial charge on any atom is -0.380 e. The predicted octanol–water partition coefficient (Wildman–Crippen LogP) is 2.78. The number of nitrogens with zero attached hydrogens (tertiary/aromatic N) is 3. The van der Waals surface area contributed by atoms with Crippen molar-refractivity contribution in [1.82, 2.24) is 15.2 Å². The van der Waals surface area contributed by atoms with Crippen molar-refractivity contribution in [3.63, 3.8) is 0 Å². The van der Waals surface area contributed by atoms with Crippen LogP contribution in [0.25, 0.3) is 11.0 Å². The molecule has 0 aliphatic carbocycles. The first-order valence-corrected chi connectivity index (χ1v) is 6.76. The number of anilines is 1. The molecule has 0 fully saturated rings. The summed E-state index contributed by atoms with van der Waals surface area (Å²) >= 11 is 0. The molecule has 0 aliphatic rings. The van der Waals surface area contributed by atoms with Gasteiger partial charge in [-0.05, 0) is 23.3 Å². The minimum absolute atomic E-state index is 0.529. The van der Waals surface area contributed by atoms with Crippen molar-refractivity contribution < 1.29 is 4.74 Å². The Balaban J connectivity index is 1.77. The lowest BCUT2D eigenvalue weighted by Gasteiger charge is -2.09. The quantitative estimate of drug-likeness (QED) is 0.778. The van der Waals surface area contributed by atoms with E-state index in [4.69, 9.17) is 4.74 Å². The lowest BCUT2D eigenvalue weighted by molar-refractivity contribution is 0.184. The zero-order valence-corrected chi connectivity index (χ0v) is 11.8. The molecule has 0 unspecified atom stereocenters. The Bertz CT molecular complexity index is 745. The summed E-state index contributed by atoms with van der Waals surface area (Å²) in [6.07, 6.45) is 0. The van der Waals surface area contributed by atoms with Crippen LogP contribution >= 0.6 is 0 Å². The van der Waals surface area contributed by atoms with Gasteiger partial charge < -0.3 is 10.1 Å². The molecule has 106 valence electrons. The molecule has 21 heavy (non-hydrogen) atoms. The third-order valence-electron chi connectivity index (χ3n) is 3.22. The van der Waals surface area contributed by atoms with Gasteiger partial charge in [0.05, 0.1) is 12.1 Å². The Labute approximate surface area is 123 Å². The van der Waals surface area contributed by atoms with Crippen LogP contribution < -0.4 is 5.32 Å². The van der Waals surface area contributed by atoms with E-state index in [1.54, 1.807) is 7.11 Å². The largest absolute Gasteiger partial charge is 0.380 e. The molecule has 5 heteroatoms. The molecular formula is C16H16N4O. The number of para-hydroxylation sites is 1. The van der Waals surface area contributed by atoms with Gasteiger partial charge in [0.25, 0.3) is 0 Å². The van der Waals surface area contributed by atoms with E-state index in [2.05, 4.69) is 32.6 Å². The Morgan fingerprint density at radius 2 is 1.62 bits per heavy atom.